The van der Waals surface area contributed by atoms with Gasteiger partial charge in [0.2, 0.25) is 0 Å². The Labute approximate surface area is 78.2 Å². The van der Waals surface area contributed by atoms with E-state index in [4.69, 9.17) is 14.2 Å². The van der Waals surface area contributed by atoms with Gasteiger partial charge in [-0.15, -0.1) is 0 Å². The molecule has 0 radical (unpaired) electrons. The summed E-state index contributed by atoms with van der Waals surface area (Å²) >= 11 is 0. The quantitative estimate of drug-likeness (QED) is 0.483. The monoisotopic (exact) mass is 188 g/mol. The Morgan fingerprint density at radius 1 is 1.38 bits per heavy atom. The molecule has 1 rings (SSSR count). The van der Waals surface area contributed by atoms with Crippen molar-refractivity contribution >= 4 is 5.97 Å². The minimum atomic E-state index is -0.744. The van der Waals surface area contributed by atoms with Crippen LogP contribution in [-0.2, 0) is 19.0 Å². The third-order valence-electron chi connectivity index (χ3n) is 2.64. The minimum Gasteiger partial charge on any atom is -0.466 e. The molecule has 0 bridgehead atoms. The molecule has 0 aromatic carbocycles. The molecular weight excluding hydrogens is 172 g/mol. The van der Waals surface area contributed by atoms with E-state index < -0.39 is 5.79 Å². The maximum Gasteiger partial charge on any atom is 0.314 e. The molecular formula is C9H16O4. The van der Waals surface area contributed by atoms with Crippen LogP contribution in [0.3, 0.4) is 0 Å². The highest BCUT2D eigenvalue weighted by Crippen LogP contribution is 2.53. The van der Waals surface area contributed by atoms with Gasteiger partial charge in [-0.3, -0.25) is 4.79 Å². The van der Waals surface area contributed by atoms with Crippen LogP contribution < -0.4 is 0 Å². The fraction of sp³-hybridized carbons (Fsp3) is 0.889. The molecule has 0 aromatic rings. The Morgan fingerprint density at radius 2 is 1.92 bits per heavy atom. The average molecular weight is 188 g/mol. The maximum absolute atomic E-state index is 11.4. The lowest BCUT2D eigenvalue weighted by molar-refractivity contribution is -0.167. The summed E-state index contributed by atoms with van der Waals surface area (Å²) in [4.78, 5) is 11.4. The first kappa shape index (κ1) is 10.5. The van der Waals surface area contributed by atoms with Gasteiger partial charge in [0.05, 0.1) is 6.61 Å². The molecule has 0 heterocycles. The number of hydrogen-bond acceptors (Lipinski definition) is 4. The van der Waals surface area contributed by atoms with E-state index in [0.717, 1.165) is 0 Å². The van der Waals surface area contributed by atoms with Crippen LogP contribution in [0.4, 0.5) is 0 Å². The van der Waals surface area contributed by atoms with Crippen LogP contribution >= 0.6 is 0 Å². The number of carbonyl (C=O) groups excluding carboxylic acids is 1. The van der Waals surface area contributed by atoms with Crippen LogP contribution in [0.5, 0.6) is 0 Å². The number of ether oxygens (including phenoxy) is 3. The van der Waals surface area contributed by atoms with E-state index in [1.807, 2.05) is 6.92 Å². The second kappa shape index (κ2) is 3.64. The SMILES string of the molecule is CCOC(=O)[C@@H]1C(C)C1(OC)OC. The van der Waals surface area contributed by atoms with Crippen molar-refractivity contribution in [2.75, 3.05) is 20.8 Å². The van der Waals surface area contributed by atoms with Crippen molar-refractivity contribution in [2.24, 2.45) is 11.8 Å². The molecule has 4 nitrogen and oxygen atoms in total. The molecule has 1 aliphatic rings. The molecule has 0 saturated heterocycles. The zero-order valence-electron chi connectivity index (χ0n) is 8.49. The zero-order chi connectivity index (χ0) is 10.1. The van der Waals surface area contributed by atoms with Crippen molar-refractivity contribution in [3.63, 3.8) is 0 Å². The van der Waals surface area contributed by atoms with Gasteiger partial charge in [-0.05, 0) is 6.92 Å². The van der Waals surface area contributed by atoms with Gasteiger partial charge < -0.3 is 14.2 Å². The van der Waals surface area contributed by atoms with Gasteiger partial charge >= 0.3 is 5.97 Å². The maximum atomic E-state index is 11.4. The largest absolute Gasteiger partial charge is 0.466 e. The van der Waals surface area contributed by atoms with Crippen LogP contribution in [0.2, 0.25) is 0 Å². The van der Waals surface area contributed by atoms with Gasteiger partial charge in [0.1, 0.15) is 5.92 Å². The smallest absolute Gasteiger partial charge is 0.314 e. The minimum absolute atomic E-state index is 0.0709. The number of carbonyl (C=O) groups is 1. The first-order valence-corrected chi connectivity index (χ1v) is 4.41. The van der Waals surface area contributed by atoms with Crippen LogP contribution in [-0.4, -0.2) is 32.6 Å². The van der Waals surface area contributed by atoms with Gasteiger partial charge in [0.25, 0.3) is 0 Å². The van der Waals surface area contributed by atoms with Crippen LogP contribution in [0.25, 0.3) is 0 Å². The molecule has 0 aliphatic heterocycles. The van der Waals surface area contributed by atoms with E-state index in [1.54, 1.807) is 21.1 Å². The third kappa shape index (κ3) is 1.44. The fourth-order valence-electron chi connectivity index (χ4n) is 1.81. The van der Waals surface area contributed by atoms with Gasteiger partial charge in [0, 0.05) is 20.1 Å². The number of methoxy groups -OCH3 is 2. The van der Waals surface area contributed by atoms with E-state index in [0.29, 0.717) is 6.61 Å². The molecule has 0 N–H and O–H groups in total. The third-order valence-corrected chi connectivity index (χ3v) is 2.64. The second-order valence-corrected chi connectivity index (χ2v) is 3.15. The summed E-state index contributed by atoms with van der Waals surface area (Å²) in [6.45, 7) is 4.09. The van der Waals surface area contributed by atoms with Gasteiger partial charge in [-0.2, -0.15) is 0 Å². The lowest BCUT2D eigenvalue weighted by Crippen LogP contribution is -2.23. The van der Waals surface area contributed by atoms with Crippen molar-refractivity contribution in [1.82, 2.24) is 0 Å². The molecule has 0 spiro atoms. The van der Waals surface area contributed by atoms with Crippen molar-refractivity contribution < 1.29 is 19.0 Å². The zero-order valence-corrected chi connectivity index (χ0v) is 8.49. The summed E-state index contributed by atoms with van der Waals surface area (Å²) in [5.74, 6) is -1.19. The molecule has 1 saturated carbocycles. The van der Waals surface area contributed by atoms with Crippen LogP contribution in [0.15, 0.2) is 0 Å². The van der Waals surface area contributed by atoms with Crippen molar-refractivity contribution in [3.05, 3.63) is 0 Å². The molecule has 1 fully saturated rings. The molecule has 76 valence electrons. The predicted molar refractivity (Wildman–Crippen MR) is 46.0 cm³/mol. The second-order valence-electron chi connectivity index (χ2n) is 3.15. The Hall–Kier alpha value is -0.610. The summed E-state index contributed by atoms with van der Waals surface area (Å²) in [7, 11) is 3.08. The van der Waals surface area contributed by atoms with E-state index in [9.17, 15) is 4.79 Å². The van der Waals surface area contributed by atoms with Crippen molar-refractivity contribution in [2.45, 2.75) is 19.6 Å². The summed E-state index contributed by atoms with van der Waals surface area (Å²) in [5.41, 5.74) is 0. The van der Waals surface area contributed by atoms with Crippen LogP contribution in [0.1, 0.15) is 13.8 Å². The fourth-order valence-corrected chi connectivity index (χ4v) is 1.81. The molecule has 13 heavy (non-hydrogen) atoms. The Kier molecular flexibility index (Phi) is 2.93. The Morgan fingerprint density at radius 3 is 2.23 bits per heavy atom. The molecule has 0 aromatic heterocycles. The molecule has 4 heteroatoms. The normalized spacial score (nSPS) is 29.8. The first-order chi connectivity index (χ1) is 6.14. The predicted octanol–water partition coefficient (Wildman–Crippen LogP) is 0.804. The Bertz CT molecular complexity index is 198. The average Bonchev–Trinajstić information content (AvgIpc) is 2.72. The number of esters is 1. The van der Waals surface area contributed by atoms with Gasteiger partial charge in [0.15, 0.2) is 5.79 Å². The molecule has 2 atom stereocenters. The van der Waals surface area contributed by atoms with Gasteiger partial charge in [-0.25, -0.2) is 0 Å². The van der Waals surface area contributed by atoms with E-state index >= 15 is 0 Å². The van der Waals surface area contributed by atoms with Gasteiger partial charge in [-0.1, -0.05) is 6.92 Å². The first-order valence-electron chi connectivity index (χ1n) is 4.41. The van der Waals surface area contributed by atoms with E-state index in [2.05, 4.69) is 0 Å². The van der Waals surface area contributed by atoms with Crippen molar-refractivity contribution in [1.29, 1.82) is 0 Å². The Balaban J connectivity index is 2.60. The molecule has 1 unspecified atom stereocenters. The lowest BCUT2D eigenvalue weighted by Gasteiger charge is -2.13. The lowest BCUT2D eigenvalue weighted by atomic mass is 10.3. The highest BCUT2D eigenvalue weighted by molar-refractivity contribution is 5.78. The number of hydrogen-bond donors (Lipinski definition) is 0. The molecule has 0 amide bonds. The summed E-state index contributed by atoms with van der Waals surface area (Å²) in [6, 6.07) is 0. The van der Waals surface area contributed by atoms with Crippen molar-refractivity contribution in [3.8, 4) is 0 Å². The number of rotatable bonds is 4. The highest BCUT2D eigenvalue weighted by atomic mass is 16.7. The highest BCUT2D eigenvalue weighted by Gasteiger charge is 2.69. The summed E-state index contributed by atoms with van der Waals surface area (Å²) < 4.78 is 15.2. The molecule has 1 aliphatic carbocycles. The van der Waals surface area contributed by atoms with Crippen LogP contribution in [0, 0.1) is 11.8 Å². The summed E-state index contributed by atoms with van der Waals surface area (Å²) in [5, 5.41) is 0. The van der Waals surface area contributed by atoms with E-state index in [1.165, 1.54) is 0 Å². The summed E-state index contributed by atoms with van der Waals surface area (Å²) in [6.07, 6.45) is 0. The van der Waals surface area contributed by atoms with E-state index in [-0.39, 0.29) is 17.8 Å². The standard InChI is InChI=1S/C9H16O4/c1-5-13-8(10)7-6(2)9(7,11-3)12-4/h6-7H,5H2,1-4H3/t6?,7-/m0/s1. The topological polar surface area (TPSA) is 44.8 Å².